The molecule has 3 atom stereocenters. The molecule has 1 aromatic heterocycles. The number of benzene rings is 2. The largest absolute Gasteiger partial charge is 0.416 e. The fourth-order valence-electron chi connectivity index (χ4n) is 8.11. The van der Waals surface area contributed by atoms with E-state index in [2.05, 4.69) is 34.6 Å². The van der Waals surface area contributed by atoms with Gasteiger partial charge in [0.2, 0.25) is 5.91 Å². The Bertz CT molecular complexity index is 1430. The number of fused-ring (bicyclic) bond motifs is 3. The molecule has 6 rings (SSSR count). The molecule has 5 nitrogen and oxygen atoms in total. The summed E-state index contributed by atoms with van der Waals surface area (Å²) in [5.74, 6) is 1.18. The minimum atomic E-state index is -4.38. The molecule has 4 heterocycles. The standard InChI is InChI=1S/C34H43F3N4O/c1-23-38-29-10-5-6-11-30(29)41(23)28-21-26-12-13-27(22-28)40(26)19-16-33(24-8-7-9-25(20-24)34(35,36)37)14-17-39(18-15-33)31(42)32(2,3)4/h5-11,20,26-28H,12-19,21-22H2,1-4H3/t26-,27+,28+. The number of likely N-dealkylation sites (tertiary alicyclic amines) is 1. The zero-order valence-corrected chi connectivity index (χ0v) is 25.3. The zero-order chi connectivity index (χ0) is 29.9. The first-order valence-electron chi connectivity index (χ1n) is 15.5. The van der Waals surface area contributed by atoms with Gasteiger partial charge in [-0.15, -0.1) is 0 Å². The summed E-state index contributed by atoms with van der Waals surface area (Å²) in [6.45, 7) is 9.91. The lowest BCUT2D eigenvalue weighted by Gasteiger charge is -2.46. The highest BCUT2D eigenvalue weighted by atomic mass is 19.4. The van der Waals surface area contributed by atoms with Crippen molar-refractivity contribution in [2.45, 2.75) is 102 Å². The van der Waals surface area contributed by atoms with Gasteiger partial charge in [-0.25, -0.2) is 4.98 Å². The fourth-order valence-corrected chi connectivity index (χ4v) is 8.11. The molecule has 3 aliphatic heterocycles. The molecular formula is C34H43F3N4O. The van der Waals surface area contributed by atoms with E-state index in [1.54, 1.807) is 6.07 Å². The van der Waals surface area contributed by atoms with E-state index in [0.717, 1.165) is 55.6 Å². The van der Waals surface area contributed by atoms with E-state index in [1.807, 2.05) is 37.8 Å². The lowest BCUT2D eigenvalue weighted by molar-refractivity contribution is -0.141. The minimum absolute atomic E-state index is 0.113. The fraction of sp³-hybridized carbons (Fsp3) is 0.588. The van der Waals surface area contributed by atoms with Gasteiger partial charge in [0.25, 0.3) is 0 Å². The highest BCUT2D eigenvalue weighted by molar-refractivity contribution is 5.81. The predicted molar refractivity (Wildman–Crippen MR) is 159 cm³/mol. The number of piperidine rings is 2. The van der Waals surface area contributed by atoms with Crippen molar-refractivity contribution in [1.82, 2.24) is 19.4 Å². The van der Waals surface area contributed by atoms with Crippen LogP contribution >= 0.6 is 0 Å². The topological polar surface area (TPSA) is 41.4 Å². The van der Waals surface area contributed by atoms with Crippen LogP contribution in [0.3, 0.4) is 0 Å². The second kappa shape index (κ2) is 10.7. The average molecular weight is 581 g/mol. The molecule has 226 valence electrons. The van der Waals surface area contributed by atoms with Gasteiger partial charge in [-0.2, -0.15) is 13.2 Å². The summed E-state index contributed by atoms with van der Waals surface area (Å²) in [4.78, 5) is 22.4. The maximum Gasteiger partial charge on any atom is 0.416 e. The Labute approximate surface area is 247 Å². The van der Waals surface area contributed by atoms with E-state index in [4.69, 9.17) is 4.98 Å². The first kappa shape index (κ1) is 29.2. The van der Waals surface area contributed by atoms with E-state index in [-0.39, 0.29) is 11.3 Å². The molecule has 0 N–H and O–H groups in total. The molecule has 42 heavy (non-hydrogen) atoms. The highest BCUT2D eigenvalue weighted by Crippen LogP contribution is 2.46. The summed E-state index contributed by atoms with van der Waals surface area (Å²) in [7, 11) is 0. The molecule has 2 aromatic carbocycles. The molecule has 3 saturated heterocycles. The van der Waals surface area contributed by atoms with Crippen LogP contribution in [0.5, 0.6) is 0 Å². The molecule has 8 heteroatoms. The Morgan fingerprint density at radius 3 is 2.26 bits per heavy atom. The lowest BCUT2D eigenvalue weighted by Crippen LogP contribution is -2.50. The number of alkyl halides is 3. The van der Waals surface area contributed by atoms with Gasteiger partial charge in [-0.05, 0) is 87.6 Å². The maximum absolute atomic E-state index is 13.8. The van der Waals surface area contributed by atoms with Crippen molar-refractivity contribution < 1.29 is 18.0 Å². The van der Waals surface area contributed by atoms with Gasteiger partial charge in [0.15, 0.2) is 0 Å². The molecule has 3 aliphatic rings. The van der Waals surface area contributed by atoms with Gasteiger partial charge in [-0.1, -0.05) is 51.1 Å². The van der Waals surface area contributed by atoms with Crippen LogP contribution in [0.4, 0.5) is 13.2 Å². The summed E-state index contributed by atoms with van der Waals surface area (Å²) in [6, 6.07) is 15.7. The van der Waals surface area contributed by atoms with Crippen molar-refractivity contribution in [2.24, 2.45) is 5.41 Å². The highest BCUT2D eigenvalue weighted by Gasteiger charge is 2.45. The van der Waals surface area contributed by atoms with Crippen LogP contribution in [0.1, 0.15) is 88.7 Å². The molecular weight excluding hydrogens is 537 g/mol. The molecule has 2 bridgehead atoms. The van der Waals surface area contributed by atoms with Crippen molar-refractivity contribution >= 4 is 16.9 Å². The Morgan fingerprint density at radius 1 is 0.952 bits per heavy atom. The van der Waals surface area contributed by atoms with Gasteiger partial charge in [0.1, 0.15) is 5.82 Å². The zero-order valence-electron chi connectivity index (χ0n) is 25.3. The van der Waals surface area contributed by atoms with Crippen molar-refractivity contribution in [2.75, 3.05) is 19.6 Å². The van der Waals surface area contributed by atoms with Gasteiger partial charge in [0, 0.05) is 36.6 Å². The van der Waals surface area contributed by atoms with Gasteiger partial charge in [-0.3, -0.25) is 9.69 Å². The predicted octanol–water partition coefficient (Wildman–Crippen LogP) is 7.53. The minimum Gasteiger partial charge on any atom is -0.342 e. The lowest BCUT2D eigenvalue weighted by atomic mass is 9.69. The number of carbonyl (C=O) groups is 1. The number of aromatic nitrogens is 2. The Kier molecular flexibility index (Phi) is 7.43. The first-order valence-corrected chi connectivity index (χ1v) is 15.5. The molecule has 0 saturated carbocycles. The number of rotatable bonds is 5. The summed E-state index contributed by atoms with van der Waals surface area (Å²) in [5, 5.41) is 0. The quantitative estimate of drug-likeness (QED) is 0.313. The van der Waals surface area contributed by atoms with E-state index in [0.29, 0.717) is 44.1 Å². The van der Waals surface area contributed by atoms with Crippen LogP contribution in [-0.2, 0) is 16.4 Å². The normalized spacial score (nSPS) is 24.8. The van der Waals surface area contributed by atoms with Crippen molar-refractivity contribution in [3.8, 4) is 0 Å². The number of aryl methyl sites for hydroxylation is 1. The first-order chi connectivity index (χ1) is 19.9. The van der Waals surface area contributed by atoms with Crippen LogP contribution < -0.4 is 0 Å². The molecule has 3 aromatic rings. The number of hydrogen-bond donors (Lipinski definition) is 0. The average Bonchev–Trinajstić information content (AvgIpc) is 3.41. The van der Waals surface area contributed by atoms with Crippen molar-refractivity contribution in [3.63, 3.8) is 0 Å². The van der Waals surface area contributed by atoms with Crippen LogP contribution in [-0.4, -0.2) is 57.0 Å². The molecule has 0 spiro atoms. The molecule has 0 aliphatic carbocycles. The van der Waals surface area contributed by atoms with Gasteiger partial charge >= 0.3 is 6.18 Å². The maximum atomic E-state index is 13.8. The van der Waals surface area contributed by atoms with Gasteiger partial charge < -0.3 is 9.47 Å². The van der Waals surface area contributed by atoms with Crippen LogP contribution in [0.2, 0.25) is 0 Å². The summed E-state index contributed by atoms with van der Waals surface area (Å²) >= 11 is 0. The smallest absolute Gasteiger partial charge is 0.342 e. The third-order valence-corrected chi connectivity index (χ3v) is 10.3. The van der Waals surface area contributed by atoms with Gasteiger partial charge in [0.05, 0.1) is 16.6 Å². The third kappa shape index (κ3) is 5.36. The Morgan fingerprint density at radius 2 is 1.62 bits per heavy atom. The molecule has 0 unspecified atom stereocenters. The van der Waals surface area contributed by atoms with E-state index < -0.39 is 17.2 Å². The van der Waals surface area contributed by atoms with Crippen molar-refractivity contribution in [3.05, 3.63) is 65.5 Å². The number of nitrogens with zero attached hydrogens (tertiary/aromatic N) is 4. The summed E-state index contributed by atoms with van der Waals surface area (Å²) in [6.07, 6.45) is 2.26. The van der Waals surface area contributed by atoms with Crippen LogP contribution in [0.25, 0.3) is 11.0 Å². The summed E-state index contributed by atoms with van der Waals surface area (Å²) in [5.41, 5.74) is 1.57. The van der Waals surface area contributed by atoms with E-state index in [1.165, 1.54) is 17.6 Å². The number of imidazole rings is 1. The second-order valence-corrected chi connectivity index (χ2v) is 13.9. The number of para-hydroxylation sites is 2. The van der Waals surface area contributed by atoms with E-state index >= 15 is 0 Å². The number of carbonyl (C=O) groups excluding carboxylic acids is 1. The molecule has 0 radical (unpaired) electrons. The van der Waals surface area contributed by atoms with Crippen LogP contribution in [0.15, 0.2) is 48.5 Å². The van der Waals surface area contributed by atoms with Crippen LogP contribution in [0, 0.1) is 12.3 Å². The molecule has 3 fully saturated rings. The Balaban J connectivity index is 1.22. The number of hydrogen-bond acceptors (Lipinski definition) is 3. The third-order valence-electron chi connectivity index (χ3n) is 10.3. The number of amides is 1. The number of halogens is 3. The second-order valence-electron chi connectivity index (χ2n) is 13.9. The SMILES string of the molecule is Cc1nc2ccccc2n1[C@H]1C[C@H]2CC[C@@H](C1)N2CCC1(c2cccc(C(F)(F)F)c2)CCN(C(=O)C(C)(C)C)CC1. The monoisotopic (exact) mass is 580 g/mol. The van der Waals surface area contributed by atoms with Crippen molar-refractivity contribution in [1.29, 1.82) is 0 Å². The van der Waals surface area contributed by atoms with E-state index in [9.17, 15) is 18.0 Å². The Hall–Kier alpha value is -2.87. The molecule has 1 amide bonds. The summed E-state index contributed by atoms with van der Waals surface area (Å²) < 4.78 is 43.7.